The van der Waals surface area contributed by atoms with Gasteiger partial charge in [-0.2, -0.15) is 0 Å². The first-order chi connectivity index (χ1) is 11.5. The first kappa shape index (κ1) is 18.4. The highest BCUT2D eigenvalue weighted by molar-refractivity contribution is 9.10. The molecule has 0 saturated heterocycles. The Morgan fingerprint density at radius 2 is 2.04 bits per heavy atom. The smallest absolute Gasteiger partial charge is 0.287 e. The number of carbonyl (C=O) groups is 1. The van der Waals surface area contributed by atoms with Crippen LogP contribution in [-0.4, -0.2) is 19.6 Å². The fourth-order valence-corrected chi connectivity index (χ4v) is 2.36. The minimum Gasteiger partial charge on any atom is -0.493 e. The Morgan fingerprint density at radius 3 is 2.67 bits per heavy atom. The lowest BCUT2D eigenvalue weighted by Gasteiger charge is -2.13. The van der Waals surface area contributed by atoms with Crippen LogP contribution in [0.3, 0.4) is 0 Å². The summed E-state index contributed by atoms with van der Waals surface area (Å²) < 4.78 is 16.9. The van der Waals surface area contributed by atoms with Gasteiger partial charge in [-0.15, -0.1) is 0 Å². The minimum atomic E-state index is -0.267. The lowest BCUT2D eigenvalue weighted by Crippen LogP contribution is -2.22. The molecule has 0 unspecified atom stereocenters. The molecule has 0 fully saturated rings. The van der Waals surface area contributed by atoms with Crippen molar-refractivity contribution in [3.63, 3.8) is 0 Å². The van der Waals surface area contributed by atoms with Gasteiger partial charge in [-0.05, 0) is 58.1 Å². The molecule has 2 rings (SSSR count). The number of amides is 1. The Labute approximate surface area is 150 Å². The van der Waals surface area contributed by atoms with Crippen molar-refractivity contribution >= 4 is 21.8 Å². The molecule has 6 heteroatoms. The van der Waals surface area contributed by atoms with Gasteiger partial charge in [0.2, 0.25) is 0 Å². The van der Waals surface area contributed by atoms with Crippen molar-refractivity contribution in [3.8, 4) is 11.5 Å². The number of methoxy groups -OCH3 is 1. The van der Waals surface area contributed by atoms with Crippen LogP contribution in [0, 0.1) is 5.92 Å². The maximum absolute atomic E-state index is 12.0. The second-order valence-electron chi connectivity index (χ2n) is 5.80. The molecule has 1 aromatic carbocycles. The Hall–Kier alpha value is -1.95. The van der Waals surface area contributed by atoms with Gasteiger partial charge in [0.05, 0.1) is 13.7 Å². The van der Waals surface area contributed by atoms with Gasteiger partial charge in [0, 0.05) is 6.54 Å². The molecule has 1 heterocycles. The Balaban J connectivity index is 1.94. The lowest BCUT2D eigenvalue weighted by molar-refractivity contribution is 0.0922. The average molecular weight is 396 g/mol. The third kappa shape index (κ3) is 5.30. The van der Waals surface area contributed by atoms with Crippen molar-refractivity contribution in [3.05, 3.63) is 46.3 Å². The van der Waals surface area contributed by atoms with Gasteiger partial charge >= 0.3 is 0 Å². The molecular weight excluding hydrogens is 374 g/mol. The van der Waals surface area contributed by atoms with E-state index in [-0.39, 0.29) is 11.7 Å². The van der Waals surface area contributed by atoms with Crippen LogP contribution < -0.4 is 14.8 Å². The number of hydrogen-bond donors (Lipinski definition) is 1. The molecule has 0 radical (unpaired) electrons. The first-order valence-electron chi connectivity index (χ1n) is 7.83. The van der Waals surface area contributed by atoms with E-state index in [2.05, 4.69) is 35.1 Å². The van der Waals surface area contributed by atoms with E-state index in [9.17, 15) is 4.79 Å². The van der Waals surface area contributed by atoms with Gasteiger partial charge in [0.15, 0.2) is 21.9 Å². The van der Waals surface area contributed by atoms with Crippen LogP contribution in [0.2, 0.25) is 0 Å². The highest BCUT2D eigenvalue weighted by Crippen LogP contribution is 2.28. The highest BCUT2D eigenvalue weighted by atomic mass is 79.9. The van der Waals surface area contributed by atoms with Crippen LogP contribution in [-0.2, 0) is 6.54 Å². The van der Waals surface area contributed by atoms with Gasteiger partial charge < -0.3 is 19.2 Å². The quantitative estimate of drug-likeness (QED) is 0.718. The zero-order valence-corrected chi connectivity index (χ0v) is 15.7. The summed E-state index contributed by atoms with van der Waals surface area (Å²) >= 11 is 3.18. The average Bonchev–Trinajstić information content (AvgIpc) is 2.99. The van der Waals surface area contributed by atoms with Gasteiger partial charge in [0.25, 0.3) is 5.91 Å². The summed E-state index contributed by atoms with van der Waals surface area (Å²) in [5.74, 6) is 1.96. The maximum Gasteiger partial charge on any atom is 0.287 e. The van der Waals surface area contributed by atoms with Crippen LogP contribution >= 0.6 is 15.9 Å². The molecule has 0 aliphatic rings. The zero-order chi connectivity index (χ0) is 17.5. The fraction of sp³-hybridized carbons (Fsp3) is 0.389. The molecule has 5 nitrogen and oxygen atoms in total. The van der Waals surface area contributed by atoms with E-state index < -0.39 is 0 Å². The summed E-state index contributed by atoms with van der Waals surface area (Å²) in [6, 6.07) is 8.94. The number of halogens is 1. The summed E-state index contributed by atoms with van der Waals surface area (Å²) in [5.41, 5.74) is 0.919. The van der Waals surface area contributed by atoms with Crippen LogP contribution in [0.5, 0.6) is 11.5 Å². The number of furan rings is 1. The second-order valence-corrected chi connectivity index (χ2v) is 6.58. The number of carbonyl (C=O) groups excluding carboxylic acids is 1. The van der Waals surface area contributed by atoms with E-state index >= 15 is 0 Å². The first-order valence-corrected chi connectivity index (χ1v) is 8.62. The summed E-state index contributed by atoms with van der Waals surface area (Å²) in [7, 11) is 1.60. The van der Waals surface area contributed by atoms with E-state index in [0.29, 0.717) is 35.2 Å². The van der Waals surface area contributed by atoms with E-state index in [1.807, 2.05) is 18.2 Å². The van der Waals surface area contributed by atoms with E-state index in [4.69, 9.17) is 13.9 Å². The van der Waals surface area contributed by atoms with E-state index in [1.165, 1.54) is 0 Å². The third-order valence-corrected chi connectivity index (χ3v) is 3.86. The zero-order valence-electron chi connectivity index (χ0n) is 14.1. The lowest BCUT2D eigenvalue weighted by atomic mass is 10.1. The maximum atomic E-state index is 12.0. The van der Waals surface area contributed by atoms with Crippen molar-refractivity contribution < 1.29 is 18.7 Å². The topological polar surface area (TPSA) is 60.7 Å². The Bertz CT molecular complexity index is 681. The van der Waals surface area contributed by atoms with Crippen molar-refractivity contribution in [2.75, 3.05) is 13.7 Å². The SMILES string of the molecule is COc1cc(CNC(=O)c2ccc(Br)o2)ccc1OCCC(C)C. The molecule has 1 N–H and O–H groups in total. The van der Waals surface area contributed by atoms with Crippen molar-refractivity contribution in [2.24, 2.45) is 5.92 Å². The van der Waals surface area contributed by atoms with Crippen LogP contribution in [0.4, 0.5) is 0 Å². The van der Waals surface area contributed by atoms with Gasteiger partial charge in [0.1, 0.15) is 0 Å². The molecule has 24 heavy (non-hydrogen) atoms. The van der Waals surface area contributed by atoms with E-state index in [0.717, 1.165) is 12.0 Å². The standard InChI is InChI=1S/C18H22BrNO4/c1-12(2)8-9-23-14-5-4-13(10-16(14)22-3)11-20-18(21)15-6-7-17(19)24-15/h4-7,10,12H,8-9,11H2,1-3H3,(H,20,21). The van der Waals surface area contributed by atoms with Crippen molar-refractivity contribution in [1.82, 2.24) is 5.32 Å². The van der Waals surface area contributed by atoms with Gasteiger partial charge in [-0.3, -0.25) is 4.79 Å². The number of hydrogen-bond acceptors (Lipinski definition) is 4. The van der Waals surface area contributed by atoms with Crippen molar-refractivity contribution in [2.45, 2.75) is 26.8 Å². The minimum absolute atomic E-state index is 0.266. The van der Waals surface area contributed by atoms with E-state index in [1.54, 1.807) is 19.2 Å². The molecule has 130 valence electrons. The molecule has 0 saturated carbocycles. The summed E-state index contributed by atoms with van der Waals surface area (Å²) in [6.07, 6.45) is 0.986. The molecule has 0 bridgehead atoms. The Kier molecular flexibility index (Phi) is 6.73. The Morgan fingerprint density at radius 1 is 1.25 bits per heavy atom. The normalized spacial score (nSPS) is 10.7. The number of benzene rings is 1. The molecule has 0 spiro atoms. The van der Waals surface area contributed by atoms with Crippen LogP contribution in [0.1, 0.15) is 36.4 Å². The molecule has 2 aromatic rings. The molecule has 0 aliphatic heterocycles. The highest BCUT2D eigenvalue weighted by Gasteiger charge is 2.11. The van der Waals surface area contributed by atoms with Gasteiger partial charge in [-0.25, -0.2) is 0 Å². The number of rotatable bonds is 8. The monoisotopic (exact) mass is 395 g/mol. The van der Waals surface area contributed by atoms with Crippen LogP contribution in [0.15, 0.2) is 39.4 Å². The summed E-state index contributed by atoms with van der Waals surface area (Å²) in [5, 5.41) is 2.81. The molecular formula is C18H22BrNO4. The van der Waals surface area contributed by atoms with Gasteiger partial charge in [-0.1, -0.05) is 19.9 Å². The number of nitrogens with one attached hydrogen (secondary N) is 1. The third-order valence-electron chi connectivity index (χ3n) is 3.43. The predicted molar refractivity (Wildman–Crippen MR) is 95.5 cm³/mol. The fourth-order valence-electron chi connectivity index (χ4n) is 2.05. The summed E-state index contributed by atoms with van der Waals surface area (Å²) in [4.78, 5) is 12.0. The predicted octanol–water partition coefficient (Wildman–Crippen LogP) is 4.41. The largest absolute Gasteiger partial charge is 0.493 e. The molecule has 1 aromatic heterocycles. The molecule has 0 atom stereocenters. The number of ether oxygens (including phenoxy) is 2. The summed E-state index contributed by atoms with van der Waals surface area (Å²) in [6.45, 7) is 5.34. The van der Waals surface area contributed by atoms with Crippen LogP contribution in [0.25, 0.3) is 0 Å². The molecule has 0 aliphatic carbocycles. The van der Waals surface area contributed by atoms with Crippen molar-refractivity contribution in [1.29, 1.82) is 0 Å². The molecule has 1 amide bonds. The second kappa shape index (κ2) is 8.78.